The number of piperazine rings is 1. The minimum absolute atomic E-state index is 0.0167. The highest BCUT2D eigenvalue weighted by Gasteiger charge is 2.29. The molecule has 0 radical (unpaired) electrons. The third-order valence-electron chi connectivity index (χ3n) is 3.23. The molecule has 0 saturated carbocycles. The lowest BCUT2D eigenvalue weighted by Crippen LogP contribution is -2.54. The molecule has 0 aliphatic carbocycles. The van der Waals surface area contributed by atoms with E-state index in [1.165, 1.54) is 0 Å². The van der Waals surface area contributed by atoms with E-state index in [2.05, 4.69) is 0 Å². The second-order valence-corrected chi connectivity index (χ2v) is 4.78. The quantitative estimate of drug-likeness (QED) is 0.786. The van der Waals surface area contributed by atoms with E-state index >= 15 is 0 Å². The minimum Gasteiger partial charge on any atom is -0.480 e. The van der Waals surface area contributed by atoms with Crippen molar-refractivity contribution < 1.29 is 14.7 Å². The van der Waals surface area contributed by atoms with Gasteiger partial charge in [-0.1, -0.05) is 20.8 Å². The molecule has 98 valence electrons. The van der Waals surface area contributed by atoms with E-state index in [4.69, 9.17) is 5.11 Å². The molecule has 5 heteroatoms. The van der Waals surface area contributed by atoms with Gasteiger partial charge in [0.05, 0.1) is 0 Å². The number of hydrogen-bond acceptors (Lipinski definition) is 3. The molecule has 1 atom stereocenters. The molecule has 0 bridgehead atoms. The number of amides is 1. The Balaban J connectivity index is 2.50. The fourth-order valence-electron chi connectivity index (χ4n) is 2.21. The summed E-state index contributed by atoms with van der Waals surface area (Å²) in [4.78, 5) is 26.6. The summed E-state index contributed by atoms with van der Waals surface area (Å²) in [6, 6.07) is -0.411. The highest BCUT2D eigenvalue weighted by atomic mass is 16.4. The Morgan fingerprint density at radius 3 is 2.06 bits per heavy atom. The first-order valence-electron chi connectivity index (χ1n) is 6.23. The highest BCUT2D eigenvalue weighted by Crippen LogP contribution is 2.11. The van der Waals surface area contributed by atoms with Crippen molar-refractivity contribution in [3.05, 3.63) is 0 Å². The number of carboxylic acids is 1. The Morgan fingerprint density at radius 2 is 1.71 bits per heavy atom. The molecule has 0 spiro atoms. The average molecular weight is 242 g/mol. The van der Waals surface area contributed by atoms with Gasteiger partial charge < -0.3 is 10.0 Å². The van der Waals surface area contributed by atoms with Crippen molar-refractivity contribution in [3.63, 3.8) is 0 Å². The van der Waals surface area contributed by atoms with Crippen molar-refractivity contribution in [2.75, 3.05) is 26.2 Å². The molecule has 0 aromatic heterocycles. The van der Waals surface area contributed by atoms with Crippen LogP contribution in [0.2, 0.25) is 0 Å². The Morgan fingerprint density at radius 1 is 1.18 bits per heavy atom. The van der Waals surface area contributed by atoms with Crippen LogP contribution >= 0.6 is 0 Å². The maximum absolute atomic E-state index is 11.8. The van der Waals surface area contributed by atoms with Gasteiger partial charge in [0.25, 0.3) is 0 Å². The van der Waals surface area contributed by atoms with Gasteiger partial charge in [-0.05, 0) is 6.42 Å². The van der Waals surface area contributed by atoms with E-state index in [0.717, 1.165) is 0 Å². The number of carbonyl (C=O) groups is 2. The molecular formula is C12H22N2O3. The van der Waals surface area contributed by atoms with E-state index in [9.17, 15) is 9.59 Å². The van der Waals surface area contributed by atoms with Gasteiger partial charge in [-0.2, -0.15) is 0 Å². The van der Waals surface area contributed by atoms with Crippen molar-refractivity contribution in [3.8, 4) is 0 Å². The summed E-state index contributed by atoms with van der Waals surface area (Å²) < 4.78 is 0. The van der Waals surface area contributed by atoms with Crippen LogP contribution in [-0.4, -0.2) is 59.0 Å². The van der Waals surface area contributed by atoms with E-state index in [1.54, 1.807) is 0 Å². The van der Waals surface area contributed by atoms with Crippen LogP contribution in [0.3, 0.4) is 0 Å². The van der Waals surface area contributed by atoms with Gasteiger partial charge in [0, 0.05) is 32.1 Å². The molecule has 1 unspecified atom stereocenters. The summed E-state index contributed by atoms with van der Waals surface area (Å²) in [5, 5.41) is 9.07. The highest BCUT2D eigenvalue weighted by molar-refractivity contribution is 5.78. The van der Waals surface area contributed by atoms with Crippen LogP contribution < -0.4 is 0 Å². The average Bonchev–Trinajstić information content (AvgIpc) is 2.29. The smallest absolute Gasteiger partial charge is 0.320 e. The van der Waals surface area contributed by atoms with Gasteiger partial charge in [0.15, 0.2) is 0 Å². The molecule has 1 heterocycles. The Kier molecular flexibility index (Phi) is 4.93. The van der Waals surface area contributed by atoms with E-state index in [-0.39, 0.29) is 11.8 Å². The molecule has 5 nitrogen and oxygen atoms in total. The summed E-state index contributed by atoms with van der Waals surface area (Å²) in [6.07, 6.45) is 0.605. The Bertz CT molecular complexity index is 283. The Labute approximate surface area is 102 Å². The predicted molar refractivity (Wildman–Crippen MR) is 64.7 cm³/mol. The Hall–Kier alpha value is -1.10. The molecule has 1 amide bonds. The van der Waals surface area contributed by atoms with Crippen LogP contribution in [0.15, 0.2) is 0 Å². The molecule has 1 aliphatic heterocycles. The van der Waals surface area contributed by atoms with Crippen LogP contribution in [0, 0.1) is 5.92 Å². The third kappa shape index (κ3) is 3.43. The molecule has 17 heavy (non-hydrogen) atoms. The van der Waals surface area contributed by atoms with Crippen molar-refractivity contribution >= 4 is 11.9 Å². The maximum atomic E-state index is 11.8. The van der Waals surface area contributed by atoms with Gasteiger partial charge >= 0.3 is 5.97 Å². The fourth-order valence-corrected chi connectivity index (χ4v) is 2.21. The van der Waals surface area contributed by atoms with Crippen molar-refractivity contribution in [2.45, 2.75) is 33.2 Å². The first kappa shape index (κ1) is 14.0. The van der Waals surface area contributed by atoms with Gasteiger partial charge in [-0.15, -0.1) is 0 Å². The van der Waals surface area contributed by atoms with Crippen molar-refractivity contribution in [1.29, 1.82) is 0 Å². The zero-order chi connectivity index (χ0) is 13.0. The SMILES string of the molecule is CCC(C(=O)O)N1CCN(C(=O)C(C)C)CC1. The summed E-state index contributed by atoms with van der Waals surface area (Å²) >= 11 is 0. The zero-order valence-electron chi connectivity index (χ0n) is 10.8. The van der Waals surface area contributed by atoms with Crippen LogP contribution in [0.25, 0.3) is 0 Å². The molecule has 0 aromatic carbocycles. The predicted octanol–water partition coefficient (Wildman–Crippen LogP) is 0.650. The number of carbonyl (C=O) groups excluding carboxylic acids is 1. The molecule has 1 N–H and O–H groups in total. The van der Waals surface area contributed by atoms with Gasteiger partial charge in [0.2, 0.25) is 5.91 Å². The zero-order valence-corrected chi connectivity index (χ0v) is 10.8. The lowest BCUT2D eigenvalue weighted by Gasteiger charge is -2.38. The second-order valence-electron chi connectivity index (χ2n) is 4.78. The monoisotopic (exact) mass is 242 g/mol. The van der Waals surface area contributed by atoms with Gasteiger partial charge in [-0.25, -0.2) is 0 Å². The summed E-state index contributed by atoms with van der Waals surface area (Å²) in [6.45, 7) is 8.25. The lowest BCUT2D eigenvalue weighted by molar-refractivity contribution is -0.145. The largest absolute Gasteiger partial charge is 0.480 e. The number of rotatable bonds is 4. The second kappa shape index (κ2) is 6.00. The van der Waals surface area contributed by atoms with E-state index in [1.807, 2.05) is 30.6 Å². The standard InChI is InChI=1S/C12H22N2O3/c1-4-10(12(16)17)13-5-7-14(8-6-13)11(15)9(2)3/h9-10H,4-8H2,1-3H3,(H,16,17). The topological polar surface area (TPSA) is 60.9 Å². The first-order chi connectivity index (χ1) is 7.97. The molecule has 1 aliphatic rings. The number of hydrogen-bond donors (Lipinski definition) is 1. The van der Waals surface area contributed by atoms with Crippen LogP contribution in [-0.2, 0) is 9.59 Å². The minimum atomic E-state index is -0.767. The normalized spacial score (nSPS) is 19.4. The van der Waals surface area contributed by atoms with Crippen LogP contribution in [0.4, 0.5) is 0 Å². The summed E-state index contributed by atoms with van der Waals surface area (Å²) in [7, 11) is 0. The van der Waals surface area contributed by atoms with Crippen molar-refractivity contribution in [1.82, 2.24) is 9.80 Å². The fraction of sp³-hybridized carbons (Fsp3) is 0.833. The maximum Gasteiger partial charge on any atom is 0.320 e. The lowest BCUT2D eigenvalue weighted by atomic mass is 10.1. The van der Waals surface area contributed by atoms with Crippen LogP contribution in [0.1, 0.15) is 27.2 Å². The molecule has 1 rings (SSSR count). The molecule has 1 saturated heterocycles. The summed E-state index contributed by atoms with van der Waals surface area (Å²) in [5.41, 5.74) is 0. The van der Waals surface area contributed by atoms with Crippen molar-refractivity contribution in [2.24, 2.45) is 5.92 Å². The molecule has 1 fully saturated rings. The van der Waals surface area contributed by atoms with Gasteiger partial charge in [-0.3, -0.25) is 14.5 Å². The van der Waals surface area contributed by atoms with E-state index < -0.39 is 12.0 Å². The number of carboxylic acid groups (broad SMARTS) is 1. The number of nitrogens with zero attached hydrogens (tertiary/aromatic N) is 2. The molecular weight excluding hydrogens is 220 g/mol. The van der Waals surface area contributed by atoms with Crippen LogP contribution in [0.5, 0.6) is 0 Å². The summed E-state index contributed by atoms with van der Waals surface area (Å²) in [5.74, 6) is -0.591. The van der Waals surface area contributed by atoms with Gasteiger partial charge in [0.1, 0.15) is 6.04 Å². The third-order valence-corrected chi connectivity index (χ3v) is 3.23. The first-order valence-corrected chi connectivity index (χ1v) is 6.23. The van der Waals surface area contributed by atoms with E-state index in [0.29, 0.717) is 32.6 Å². The number of aliphatic carboxylic acids is 1. The molecule has 0 aromatic rings.